The molecule has 13 heavy (non-hydrogen) atoms. The average Bonchev–Trinajstić information content (AvgIpc) is 1.12. The summed E-state index contributed by atoms with van der Waals surface area (Å²) in [6.45, 7) is 0. The van der Waals surface area contributed by atoms with E-state index in [-0.39, 0.29) is 53.1 Å². The molecule has 0 rings (SSSR count). The smallest absolute Gasteiger partial charge is 0.894 e. The fourth-order valence-electron chi connectivity index (χ4n) is 0. The molecule has 0 saturated carbocycles. The molecule has 2 radical (unpaired) electrons. The molecule has 0 unspecified atom stereocenters. The summed E-state index contributed by atoms with van der Waals surface area (Å²) < 4.78 is 0. The molecule has 0 heterocycles. The van der Waals surface area contributed by atoms with Crippen molar-refractivity contribution >= 4 is 71.2 Å². The van der Waals surface area contributed by atoms with E-state index in [1.165, 1.54) is 0 Å². The molecule has 0 saturated heterocycles. The molecule has 0 aromatic rings. The third-order valence-electron chi connectivity index (χ3n) is 0. The van der Waals surface area contributed by atoms with Crippen molar-refractivity contribution in [1.29, 1.82) is 0 Å². The van der Waals surface area contributed by atoms with Crippen molar-refractivity contribution in [3.05, 3.63) is 0 Å². The molecule has 0 spiro atoms. The first-order chi connectivity index (χ1) is 4.00. The van der Waals surface area contributed by atoms with Gasteiger partial charge in [-0.05, 0) is 0 Å². The van der Waals surface area contributed by atoms with Crippen LogP contribution in [0.1, 0.15) is 0 Å². The summed E-state index contributed by atoms with van der Waals surface area (Å²) in [7, 11) is -11.2. The Morgan fingerprint density at radius 2 is 0.538 bits per heavy atom. The van der Waals surface area contributed by atoms with Crippen LogP contribution in [0.3, 0.4) is 0 Å². The number of rotatable bonds is 0. The first-order valence-corrected chi connectivity index (χ1v) is 4.90. The fourth-order valence-corrected chi connectivity index (χ4v) is 0. The van der Waals surface area contributed by atoms with Gasteiger partial charge in [-0.15, -0.1) is 0 Å². The van der Waals surface area contributed by atoms with Gasteiger partial charge in [0.05, 0.1) is 0 Å². The quantitative estimate of drug-likeness (QED) is 0.340. The first-order valence-electron chi connectivity index (χ1n) is 1.63. The summed E-state index contributed by atoms with van der Waals surface area (Å²) >= 11 is 0. The third kappa shape index (κ3) is 692. The Hall–Kier alpha value is 1.63. The minimum atomic E-state index is -5.61. The Balaban J connectivity index is -0.0000000267. The molecule has 0 amide bonds. The molecule has 0 atom stereocenters. The van der Waals surface area contributed by atoms with E-state index in [0.717, 1.165) is 0 Å². The van der Waals surface area contributed by atoms with E-state index in [2.05, 4.69) is 0 Å². The van der Waals surface area contributed by atoms with E-state index in [9.17, 15) is 0 Å². The second-order valence-electron chi connectivity index (χ2n) is 1.00. The molecule has 0 aliphatic heterocycles. The summed E-state index contributed by atoms with van der Waals surface area (Å²) in [5.41, 5.74) is 0. The maximum absolute atomic E-state index is 8.58. The van der Waals surface area contributed by atoms with E-state index in [0.29, 0.717) is 0 Å². The van der Waals surface area contributed by atoms with Crippen molar-refractivity contribution in [2.24, 2.45) is 0 Å². The van der Waals surface area contributed by atoms with Crippen molar-refractivity contribution in [2.45, 2.75) is 0 Å². The van der Waals surface area contributed by atoms with Gasteiger partial charge >= 0.3 is 53.1 Å². The van der Waals surface area contributed by atoms with Crippen molar-refractivity contribution in [3.63, 3.8) is 0 Å². The molecular weight excluding hydrogens is 429 g/mol. The molecule has 66 valence electrons. The van der Waals surface area contributed by atoms with Crippen LogP contribution in [0.5, 0.6) is 0 Å². The Kier molecular flexibility index (Phi) is 26.4. The normalized spacial score (nSPS) is 9.23. The van der Waals surface area contributed by atoms with E-state index < -0.39 is 18.1 Å². The van der Waals surface area contributed by atoms with E-state index in [1.807, 2.05) is 0 Å². The predicted octanol–water partition coefficient (Wildman–Crippen LogP) is -11.4. The van der Waals surface area contributed by atoms with Gasteiger partial charge in [-0.2, -0.15) is 0 Å². The molecule has 0 bridgehead atoms. The van der Waals surface area contributed by atoms with E-state index >= 15 is 0 Å². The summed E-state index contributed by atoms with van der Waals surface area (Å²) in [6, 6.07) is 0. The van der Waals surface area contributed by atoms with Gasteiger partial charge in [0, 0.05) is 0 Å². The second-order valence-corrected chi connectivity index (χ2v) is 3.00. The minimum Gasteiger partial charge on any atom is -0.894 e. The zero-order valence-corrected chi connectivity index (χ0v) is 13.0. The van der Waals surface area contributed by atoms with Crippen LogP contribution in [-0.4, -0.2) is 71.2 Å². The summed E-state index contributed by atoms with van der Waals surface area (Å²) in [6.07, 6.45) is 0. The molecule has 0 aliphatic rings. The molecule has 0 aromatic carbocycles. The largest absolute Gasteiger partial charge is 3.00 e. The van der Waals surface area contributed by atoms with Gasteiger partial charge in [0.2, 0.25) is 0 Å². The van der Waals surface area contributed by atoms with Crippen LogP contribution in [0.25, 0.3) is 0 Å². The van der Waals surface area contributed by atoms with Crippen LogP contribution in [-0.2, 0) is 0 Å². The Morgan fingerprint density at radius 1 is 0.538 bits per heavy atom. The third-order valence-corrected chi connectivity index (χ3v) is 0. The van der Waals surface area contributed by atoms with Crippen molar-refractivity contribution < 1.29 is 38.4 Å². The molecule has 8 nitrogen and oxygen atoms in total. The van der Waals surface area contributed by atoms with E-state index in [1.54, 1.807) is 0 Å². The van der Waals surface area contributed by atoms with Gasteiger partial charge in [0.25, 0.3) is 0 Å². The van der Waals surface area contributed by atoms with Gasteiger partial charge in [-0.25, -0.2) is 0 Å². The predicted molar refractivity (Wildman–Crippen MR) is 28.8 cm³/mol. The standard InChI is InChI=1S/Al.B.2O4Si.Pb/c;;2*1-5(2,3)4;/q2*+3;2*-4;+2. The Labute approximate surface area is 109 Å². The summed E-state index contributed by atoms with van der Waals surface area (Å²) in [4.78, 5) is 68.6. The van der Waals surface area contributed by atoms with Crippen LogP contribution >= 0.6 is 0 Å². The monoisotopic (exact) mass is 430 g/mol. The number of hydrogen-bond donors (Lipinski definition) is 0. The van der Waals surface area contributed by atoms with Crippen molar-refractivity contribution in [1.82, 2.24) is 0 Å². The summed E-state index contributed by atoms with van der Waals surface area (Å²) in [5, 5.41) is 0. The Morgan fingerprint density at radius 3 is 0.538 bits per heavy atom. The molecule has 0 N–H and O–H groups in total. The SMILES string of the molecule is [Al+3].[B+3].[O-][Si]([O-])([O-])[O-].[O-][Si]([O-])([O-])[O-].[Pb+2]. The van der Waals surface area contributed by atoms with Crippen LogP contribution < -0.4 is 38.4 Å². The maximum atomic E-state index is 8.58. The molecule has 0 fully saturated rings. The van der Waals surface area contributed by atoms with Crippen LogP contribution in [0, 0.1) is 0 Å². The molecule has 0 aliphatic carbocycles. The number of hydrogen-bond acceptors (Lipinski definition) is 8. The van der Waals surface area contributed by atoms with Crippen molar-refractivity contribution in [2.75, 3.05) is 0 Å². The fraction of sp³-hybridized carbons (Fsp3) is 0. The van der Waals surface area contributed by atoms with Gasteiger partial charge in [-0.3, -0.25) is 0 Å². The van der Waals surface area contributed by atoms with Gasteiger partial charge in [0.15, 0.2) is 0 Å². The van der Waals surface area contributed by atoms with Crippen LogP contribution in [0.15, 0.2) is 0 Å². The molecular formula is AlBO8PbSi2. The molecule has 13 heteroatoms. The summed E-state index contributed by atoms with van der Waals surface area (Å²) in [5.74, 6) is 0. The zero-order valence-electron chi connectivity index (χ0n) is 5.92. The zero-order chi connectivity index (χ0) is 9.00. The van der Waals surface area contributed by atoms with E-state index in [4.69, 9.17) is 38.4 Å². The van der Waals surface area contributed by atoms with Crippen LogP contribution in [0.2, 0.25) is 0 Å². The Bertz CT molecular complexity index is 65.1. The molecule has 0 aromatic heterocycles. The van der Waals surface area contributed by atoms with Gasteiger partial charge in [0.1, 0.15) is 0 Å². The second kappa shape index (κ2) is 11.7. The average molecular weight is 429 g/mol. The van der Waals surface area contributed by atoms with Crippen LogP contribution in [0.4, 0.5) is 0 Å². The van der Waals surface area contributed by atoms with Crippen molar-refractivity contribution in [3.8, 4) is 0 Å². The maximum Gasteiger partial charge on any atom is 3.00 e. The van der Waals surface area contributed by atoms with Gasteiger partial charge < -0.3 is 56.5 Å². The first kappa shape index (κ1) is 29.3. The topological polar surface area (TPSA) is 184 Å². The van der Waals surface area contributed by atoms with Gasteiger partial charge in [-0.1, -0.05) is 0 Å². The minimum absolute atomic E-state index is 0.